The molecule has 6 heteroatoms. The molecule has 0 saturated carbocycles. The Labute approximate surface area is 145 Å². The van der Waals surface area contributed by atoms with Crippen LogP contribution in [-0.4, -0.2) is 37.7 Å². The fraction of sp³-hybridized carbons (Fsp3) is 0.556. The molecule has 0 atom stereocenters. The number of fused-ring (bicyclic) bond motifs is 1. The number of hydrogen-bond acceptors (Lipinski definition) is 4. The van der Waals surface area contributed by atoms with Crippen molar-refractivity contribution in [2.75, 3.05) is 19.4 Å². The first-order valence-electron chi connectivity index (χ1n) is 8.34. The van der Waals surface area contributed by atoms with Crippen molar-refractivity contribution in [1.82, 2.24) is 4.31 Å². The van der Waals surface area contributed by atoms with E-state index in [9.17, 15) is 8.42 Å². The molecule has 0 radical (unpaired) electrons. The lowest BCUT2D eigenvalue weighted by Crippen LogP contribution is -2.35. The van der Waals surface area contributed by atoms with E-state index in [0.29, 0.717) is 24.6 Å². The van der Waals surface area contributed by atoms with E-state index in [2.05, 4.69) is 6.92 Å². The van der Waals surface area contributed by atoms with Crippen molar-refractivity contribution in [3.05, 3.63) is 29.8 Å². The molecule has 1 aromatic rings. The van der Waals surface area contributed by atoms with Crippen molar-refractivity contribution in [2.45, 2.75) is 46.1 Å². The van der Waals surface area contributed by atoms with Crippen LogP contribution in [0, 0.1) is 0 Å². The maximum Gasteiger partial charge on any atom is 0.232 e. The normalized spacial score (nSPS) is 16.0. The molecular weight excluding hydrogens is 326 g/mol. The van der Waals surface area contributed by atoms with Crippen LogP contribution in [0.15, 0.2) is 24.3 Å². The van der Waals surface area contributed by atoms with Gasteiger partial charge in [0.25, 0.3) is 0 Å². The van der Waals surface area contributed by atoms with E-state index in [-0.39, 0.29) is 0 Å². The van der Waals surface area contributed by atoms with Crippen LogP contribution in [0.2, 0.25) is 0 Å². The summed E-state index contributed by atoms with van der Waals surface area (Å²) < 4.78 is 37.5. The summed E-state index contributed by atoms with van der Waals surface area (Å²) in [5.74, 6) is 1.39. The smallest absolute Gasteiger partial charge is 0.232 e. The molecule has 1 aliphatic heterocycles. The van der Waals surface area contributed by atoms with Gasteiger partial charge in [-0.2, -0.15) is 0 Å². The molecule has 0 unspecified atom stereocenters. The molecule has 1 heterocycles. The van der Waals surface area contributed by atoms with Crippen LogP contribution < -0.4 is 9.47 Å². The highest BCUT2D eigenvalue weighted by molar-refractivity contribution is 7.88. The predicted octanol–water partition coefficient (Wildman–Crippen LogP) is 3.66. The summed E-state index contributed by atoms with van der Waals surface area (Å²) in [6.07, 6.45) is 5.12. The van der Waals surface area contributed by atoms with Crippen LogP contribution in [0.4, 0.5) is 0 Å². The lowest BCUT2D eigenvalue weighted by molar-refractivity contribution is 0.156. The van der Waals surface area contributed by atoms with Gasteiger partial charge in [-0.25, -0.2) is 8.42 Å². The fourth-order valence-electron chi connectivity index (χ4n) is 2.73. The Morgan fingerprint density at radius 3 is 2.54 bits per heavy atom. The second-order valence-electron chi connectivity index (χ2n) is 6.52. The number of benzene rings is 1. The molecule has 0 bridgehead atoms. The zero-order chi connectivity index (χ0) is 18.0. The highest BCUT2D eigenvalue weighted by atomic mass is 32.2. The Hall–Kier alpha value is -1.69. The molecule has 0 N–H and O–H groups in total. The third-order valence-corrected chi connectivity index (χ3v) is 5.06. The number of ether oxygens (including phenoxy) is 2. The number of hydrogen-bond donors (Lipinski definition) is 0. The van der Waals surface area contributed by atoms with Gasteiger partial charge in [0.05, 0.1) is 18.6 Å². The van der Waals surface area contributed by atoms with Crippen molar-refractivity contribution >= 4 is 15.7 Å². The van der Waals surface area contributed by atoms with Gasteiger partial charge in [-0.3, -0.25) is 4.31 Å². The standard InChI is InChI=1S/C18H27NO4S/c1-6-8-11-22-14-9-10-17-15(12-14)16(13-18(3,4)23-17)19(7-2)24(5,20)21/h9-10,12-13H,6-8,11H2,1-5H3. The number of rotatable bonds is 7. The molecule has 2 rings (SSSR count). The SMILES string of the molecule is CCCCOc1ccc2c(c1)C(N(CC)S(C)(=O)=O)=CC(C)(C)O2. The van der Waals surface area contributed by atoms with Crippen molar-refractivity contribution in [3.8, 4) is 11.5 Å². The van der Waals surface area contributed by atoms with E-state index in [1.807, 2.05) is 45.0 Å². The number of nitrogens with zero attached hydrogens (tertiary/aromatic N) is 1. The quantitative estimate of drug-likeness (QED) is 0.702. The Bertz CT molecular complexity index is 723. The Morgan fingerprint density at radius 1 is 1.25 bits per heavy atom. The summed E-state index contributed by atoms with van der Waals surface area (Å²) in [7, 11) is -3.37. The summed E-state index contributed by atoms with van der Waals surface area (Å²) in [6.45, 7) is 8.77. The topological polar surface area (TPSA) is 55.8 Å². The van der Waals surface area contributed by atoms with Gasteiger partial charge in [0.2, 0.25) is 10.0 Å². The monoisotopic (exact) mass is 353 g/mol. The minimum atomic E-state index is -3.37. The zero-order valence-electron chi connectivity index (χ0n) is 15.1. The van der Waals surface area contributed by atoms with Gasteiger partial charge in [-0.05, 0) is 51.5 Å². The minimum absolute atomic E-state index is 0.362. The molecule has 0 saturated heterocycles. The van der Waals surface area contributed by atoms with Crippen molar-refractivity contribution in [3.63, 3.8) is 0 Å². The van der Waals surface area contributed by atoms with Crippen molar-refractivity contribution in [1.29, 1.82) is 0 Å². The van der Waals surface area contributed by atoms with Gasteiger partial charge < -0.3 is 9.47 Å². The average Bonchev–Trinajstić information content (AvgIpc) is 2.46. The van der Waals surface area contributed by atoms with Gasteiger partial charge in [-0.15, -0.1) is 0 Å². The summed E-state index contributed by atoms with van der Waals surface area (Å²) in [4.78, 5) is 0. The van der Waals surface area contributed by atoms with Crippen molar-refractivity contribution < 1.29 is 17.9 Å². The van der Waals surface area contributed by atoms with E-state index < -0.39 is 15.6 Å². The fourth-order valence-corrected chi connectivity index (χ4v) is 3.71. The largest absolute Gasteiger partial charge is 0.494 e. The van der Waals surface area contributed by atoms with Crippen LogP contribution in [0.25, 0.3) is 5.70 Å². The number of sulfonamides is 1. The van der Waals surface area contributed by atoms with Crippen LogP contribution in [0.5, 0.6) is 11.5 Å². The first-order chi connectivity index (χ1) is 11.2. The third kappa shape index (κ3) is 4.23. The first kappa shape index (κ1) is 18.6. The summed E-state index contributed by atoms with van der Waals surface area (Å²) in [6, 6.07) is 5.58. The molecule has 1 aliphatic rings. The molecule has 24 heavy (non-hydrogen) atoms. The molecule has 0 spiro atoms. The van der Waals surface area contributed by atoms with Crippen LogP contribution >= 0.6 is 0 Å². The molecule has 0 aliphatic carbocycles. The lowest BCUT2D eigenvalue weighted by Gasteiger charge is -2.35. The van der Waals surface area contributed by atoms with Gasteiger partial charge in [0, 0.05) is 12.1 Å². The molecule has 1 aromatic carbocycles. The minimum Gasteiger partial charge on any atom is -0.494 e. The molecular formula is C18H27NO4S. The Balaban J connectivity index is 2.47. The maximum absolute atomic E-state index is 12.2. The second kappa shape index (κ2) is 7.05. The average molecular weight is 353 g/mol. The van der Waals surface area contributed by atoms with Crippen LogP contribution in [-0.2, 0) is 10.0 Å². The second-order valence-corrected chi connectivity index (χ2v) is 8.43. The lowest BCUT2D eigenvalue weighted by atomic mass is 9.99. The Morgan fingerprint density at radius 2 is 1.96 bits per heavy atom. The predicted molar refractivity (Wildman–Crippen MR) is 96.8 cm³/mol. The van der Waals surface area contributed by atoms with Gasteiger partial charge in [0.1, 0.15) is 17.1 Å². The van der Waals surface area contributed by atoms with E-state index in [4.69, 9.17) is 9.47 Å². The summed E-state index contributed by atoms with van der Waals surface area (Å²) in [5, 5.41) is 0. The van der Waals surface area contributed by atoms with E-state index in [1.54, 1.807) is 0 Å². The zero-order valence-corrected chi connectivity index (χ0v) is 15.9. The molecule has 0 amide bonds. The van der Waals surface area contributed by atoms with Gasteiger partial charge in [0.15, 0.2) is 0 Å². The van der Waals surface area contributed by atoms with Crippen LogP contribution in [0.1, 0.15) is 46.1 Å². The molecule has 134 valence electrons. The van der Waals surface area contributed by atoms with Gasteiger partial charge >= 0.3 is 0 Å². The van der Waals surface area contributed by atoms with Crippen molar-refractivity contribution in [2.24, 2.45) is 0 Å². The summed E-state index contributed by atoms with van der Waals surface area (Å²) >= 11 is 0. The summed E-state index contributed by atoms with van der Waals surface area (Å²) in [5.41, 5.74) is 0.813. The van der Waals surface area contributed by atoms with Gasteiger partial charge in [-0.1, -0.05) is 13.3 Å². The molecule has 0 aromatic heterocycles. The van der Waals surface area contributed by atoms with E-state index in [0.717, 1.165) is 24.2 Å². The maximum atomic E-state index is 12.2. The van der Waals surface area contributed by atoms with E-state index in [1.165, 1.54) is 10.6 Å². The highest BCUT2D eigenvalue weighted by Crippen LogP contribution is 2.40. The first-order valence-corrected chi connectivity index (χ1v) is 10.2. The molecule has 5 nitrogen and oxygen atoms in total. The Kier molecular flexibility index (Phi) is 5.48. The number of unbranched alkanes of at least 4 members (excludes halogenated alkanes) is 1. The van der Waals surface area contributed by atoms with E-state index >= 15 is 0 Å². The van der Waals surface area contributed by atoms with Crippen LogP contribution in [0.3, 0.4) is 0 Å². The molecule has 0 fully saturated rings. The third-order valence-electron chi connectivity index (χ3n) is 3.81. The highest BCUT2D eigenvalue weighted by Gasteiger charge is 2.32.